The lowest BCUT2D eigenvalue weighted by atomic mass is 10.3. The average Bonchev–Trinajstić information content (AvgIpc) is 2.92. The van der Waals surface area contributed by atoms with Crippen molar-refractivity contribution in [3.63, 3.8) is 0 Å². The monoisotopic (exact) mass is 316 g/mol. The molecule has 1 aromatic carbocycles. The average molecular weight is 316 g/mol. The summed E-state index contributed by atoms with van der Waals surface area (Å²) in [6, 6.07) is 4.83. The number of halogens is 2. The van der Waals surface area contributed by atoms with Gasteiger partial charge in [0, 0.05) is 6.07 Å². The van der Waals surface area contributed by atoms with Crippen LogP contribution in [0.15, 0.2) is 39.8 Å². The Labute approximate surface area is 118 Å². The van der Waals surface area contributed by atoms with Crippen LogP contribution in [-0.2, 0) is 10.0 Å². The molecule has 0 atom stereocenters. The Bertz CT molecular complexity index is 786. The first-order chi connectivity index (χ1) is 9.83. The quantitative estimate of drug-likeness (QED) is 0.899. The number of benzene rings is 1. The van der Waals surface area contributed by atoms with Crippen LogP contribution in [0.2, 0.25) is 0 Å². The standard InChI is InChI=1S/C12H10F2N2O4S/c1-15-21(18,19)11-5-4-10(20-11)12(17)16-9-3-2-7(13)6-8(9)14/h2-6,15H,1H3,(H,16,17). The molecule has 112 valence electrons. The van der Waals surface area contributed by atoms with Crippen LogP contribution in [0.5, 0.6) is 0 Å². The molecule has 0 aliphatic carbocycles. The van der Waals surface area contributed by atoms with Crippen LogP contribution < -0.4 is 10.0 Å². The van der Waals surface area contributed by atoms with Crippen molar-refractivity contribution in [2.45, 2.75) is 5.09 Å². The number of nitrogens with one attached hydrogen (secondary N) is 2. The van der Waals surface area contributed by atoms with Gasteiger partial charge in [0.25, 0.3) is 15.9 Å². The van der Waals surface area contributed by atoms with Crippen LogP contribution in [0.25, 0.3) is 0 Å². The molecule has 0 bridgehead atoms. The van der Waals surface area contributed by atoms with Gasteiger partial charge in [0.2, 0.25) is 5.09 Å². The van der Waals surface area contributed by atoms with Crippen molar-refractivity contribution in [1.82, 2.24) is 4.72 Å². The van der Waals surface area contributed by atoms with Crippen molar-refractivity contribution in [1.29, 1.82) is 0 Å². The lowest BCUT2D eigenvalue weighted by Crippen LogP contribution is -2.18. The second-order valence-electron chi connectivity index (χ2n) is 3.90. The summed E-state index contributed by atoms with van der Waals surface area (Å²) in [5.41, 5.74) is -0.254. The molecule has 0 spiro atoms. The number of hydrogen-bond acceptors (Lipinski definition) is 4. The Morgan fingerprint density at radius 3 is 2.52 bits per heavy atom. The Balaban J connectivity index is 2.22. The van der Waals surface area contributed by atoms with Gasteiger partial charge in [-0.25, -0.2) is 21.9 Å². The molecule has 0 fully saturated rings. The lowest BCUT2D eigenvalue weighted by molar-refractivity contribution is 0.0991. The van der Waals surface area contributed by atoms with Crippen LogP contribution in [0.3, 0.4) is 0 Å². The third-order valence-electron chi connectivity index (χ3n) is 2.52. The Hall–Kier alpha value is -2.26. The van der Waals surface area contributed by atoms with Gasteiger partial charge in [-0.3, -0.25) is 4.79 Å². The van der Waals surface area contributed by atoms with Gasteiger partial charge in [0.1, 0.15) is 11.6 Å². The number of anilines is 1. The molecule has 1 amide bonds. The molecule has 2 rings (SSSR count). The van der Waals surface area contributed by atoms with Gasteiger partial charge in [0.05, 0.1) is 5.69 Å². The zero-order valence-corrected chi connectivity index (χ0v) is 11.5. The Kier molecular flexibility index (Phi) is 4.05. The minimum Gasteiger partial charge on any atom is -0.438 e. The highest BCUT2D eigenvalue weighted by Gasteiger charge is 2.20. The highest BCUT2D eigenvalue weighted by Crippen LogP contribution is 2.18. The highest BCUT2D eigenvalue weighted by atomic mass is 32.2. The molecule has 0 aliphatic heterocycles. The van der Waals surface area contributed by atoms with Gasteiger partial charge >= 0.3 is 0 Å². The molecule has 0 unspecified atom stereocenters. The minimum atomic E-state index is -3.82. The van der Waals surface area contributed by atoms with E-state index in [0.717, 1.165) is 24.3 Å². The smallest absolute Gasteiger partial charge is 0.291 e. The zero-order valence-electron chi connectivity index (χ0n) is 10.7. The fourth-order valence-corrected chi connectivity index (χ4v) is 2.11. The number of furan rings is 1. The summed E-state index contributed by atoms with van der Waals surface area (Å²) in [7, 11) is -2.63. The molecule has 21 heavy (non-hydrogen) atoms. The second-order valence-corrected chi connectivity index (χ2v) is 5.72. The summed E-state index contributed by atoms with van der Waals surface area (Å²) in [5, 5.41) is 1.70. The number of sulfonamides is 1. The SMILES string of the molecule is CNS(=O)(=O)c1ccc(C(=O)Nc2ccc(F)cc2F)o1. The van der Waals surface area contributed by atoms with Gasteiger partial charge in [-0.2, -0.15) is 0 Å². The molecule has 6 nitrogen and oxygen atoms in total. The van der Waals surface area contributed by atoms with Crippen LogP contribution in [-0.4, -0.2) is 21.4 Å². The van der Waals surface area contributed by atoms with Crippen molar-refractivity contribution in [3.8, 4) is 0 Å². The normalized spacial score (nSPS) is 11.4. The number of hydrogen-bond donors (Lipinski definition) is 2. The summed E-state index contributed by atoms with van der Waals surface area (Å²) >= 11 is 0. The molecule has 2 aromatic rings. The van der Waals surface area contributed by atoms with Crippen molar-refractivity contribution < 1.29 is 26.4 Å². The molecule has 0 radical (unpaired) electrons. The lowest BCUT2D eigenvalue weighted by Gasteiger charge is -2.04. The van der Waals surface area contributed by atoms with Crippen molar-refractivity contribution in [2.24, 2.45) is 0 Å². The maximum Gasteiger partial charge on any atom is 0.291 e. The van der Waals surface area contributed by atoms with E-state index >= 15 is 0 Å². The molecule has 0 aliphatic rings. The molecular formula is C12H10F2N2O4S. The molecule has 2 N–H and O–H groups in total. The first-order valence-electron chi connectivity index (χ1n) is 5.63. The molecule has 0 saturated heterocycles. The molecule has 9 heteroatoms. The number of amides is 1. The third kappa shape index (κ3) is 3.26. The molecular weight excluding hydrogens is 306 g/mol. The summed E-state index contributed by atoms with van der Waals surface area (Å²) in [6.45, 7) is 0. The van der Waals surface area contributed by atoms with E-state index in [-0.39, 0.29) is 11.4 Å². The van der Waals surface area contributed by atoms with E-state index in [1.54, 1.807) is 0 Å². The number of rotatable bonds is 4. The fraction of sp³-hybridized carbons (Fsp3) is 0.0833. The van der Waals surface area contributed by atoms with Gasteiger partial charge in [0.15, 0.2) is 5.76 Å². The van der Waals surface area contributed by atoms with Crippen molar-refractivity contribution in [2.75, 3.05) is 12.4 Å². The number of carbonyl (C=O) groups excluding carboxylic acids is 1. The molecule has 1 heterocycles. The first-order valence-corrected chi connectivity index (χ1v) is 7.11. The van der Waals surface area contributed by atoms with E-state index in [2.05, 4.69) is 5.32 Å². The van der Waals surface area contributed by atoms with E-state index in [9.17, 15) is 22.0 Å². The van der Waals surface area contributed by atoms with Crippen molar-refractivity contribution in [3.05, 3.63) is 47.7 Å². The first kappa shape index (κ1) is 15.1. The van der Waals surface area contributed by atoms with E-state index in [4.69, 9.17) is 4.42 Å². The minimum absolute atomic E-state index is 0.254. The maximum absolute atomic E-state index is 13.4. The van der Waals surface area contributed by atoms with Crippen LogP contribution in [0.4, 0.5) is 14.5 Å². The van der Waals surface area contributed by atoms with Gasteiger partial charge < -0.3 is 9.73 Å². The van der Waals surface area contributed by atoms with E-state index in [1.165, 1.54) is 7.05 Å². The van der Waals surface area contributed by atoms with Crippen LogP contribution >= 0.6 is 0 Å². The third-order valence-corrected chi connectivity index (χ3v) is 3.80. The molecule has 1 aromatic heterocycles. The summed E-state index contributed by atoms with van der Waals surface area (Å²) in [4.78, 5) is 11.8. The number of carbonyl (C=O) groups is 1. The van der Waals surface area contributed by atoms with Crippen LogP contribution in [0, 0.1) is 11.6 Å². The second kappa shape index (κ2) is 5.62. The van der Waals surface area contributed by atoms with Gasteiger partial charge in [-0.05, 0) is 31.3 Å². The summed E-state index contributed by atoms with van der Waals surface area (Å²) in [5.74, 6) is -2.94. The van der Waals surface area contributed by atoms with E-state index in [1.807, 2.05) is 4.72 Å². The predicted octanol–water partition coefficient (Wildman–Crippen LogP) is 1.72. The Morgan fingerprint density at radius 2 is 1.90 bits per heavy atom. The summed E-state index contributed by atoms with van der Waals surface area (Å²) in [6.07, 6.45) is 0. The van der Waals surface area contributed by atoms with E-state index < -0.39 is 32.7 Å². The maximum atomic E-state index is 13.4. The molecule has 0 saturated carbocycles. The van der Waals surface area contributed by atoms with Gasteiger partial charge in [-0.1, -0.05) is 0 Å². The largest absolute Gasteiger partial charge is 0.438 e. The fourth-order valence-electron chi connectivity index (χ4n) is 1.46. The highest BCUT2D eigenvalue weighted by molar-refractivity contribution is 7.89. The topological polar surface area (TPSA) is 88.4 Å². The van der Waals surface area contributed by atoms with E-state index in [0.29, 0.717) is 6.07 Å². The Morgan fingerprint density at radius 1 is 1.19 bits per heavy atom. The van der Waals surface area contributed by atoms with Crippen LogP contribution in [0.1, 0.15) is 10.6 Å². The predicted molar refractivity (Wildman–Crippen MR) is 69.3 cm³/mol. The van der Waals surface area contributed by atoms with Crippen molar-refractivity contribution >= 4 is 21.6 Å². The summed E-state index contributed by atoms with van der Waals surface area (Å²) < 4.78 is 55.9. The zero-order chi connectivity index (χ0) is 15.6. The van der Waals surface area contributed by atoms with Gasteiger partial charge in [-0.15, -0.1) is 0 Å².